The highest BCUT2D eigenvalue weighted by Crippen LogP contribution is 2.34. The Morgan fingerprint density at radius 1 is 1.18 bits per heavy atom. The standard InChI is InChI=1S/C14H14ClF3N4/c1-8(2)20-13-19-6-5-12(22-13)21-11-7-9(14(16,17)18)3-4-10(11)15/h3-8H,1-2H3,(H2,19,20,21,22). The van der Waals surface area contributed by atoms with Crippen molar-refractivity contribution in [1.82, 2.24) is 9.97 Å². The highest BCUT2D eigenvalue weighted by atomic mass is 35.5. The highest BCUT2D eigenvalue weighted by molar-refractivity contribution is 6.33. The van der Waals surface area contributed by atoms with Crippen LogP contribution in [-0.2, 0) is 6.18 Å². The predicted octanol–water partition coefficient (Wildman–Crippen LogP) is 4.71. The van der Waals surface area contributed by atoms with E-state index in [1.807, 2.05) is 13.8 Å². The number of hydrogen-bond acceptors (Lipinski definition) is 4. The topological polar surface area (TPSA) is 49.8 Å². The molecule has 0 saturated carbocycles. The van der Waals surface area contributed by atoms with Gasteiger partial charge in [0.2, 0.25) is 5.95 Å². The molecule has 1 heterocycles. The number of hydrogen-bond donors (Lipinski definition) is 2. The van der Waals surface area contributed by atoms with Gasteiger partial charge in [-0.15, -0.1) is 0 Å². The van der Waals surface area contributed by atoms with Gasteiger partial charge in [0.05, 0.1) is 16.3 Å². The van der Waals surface area contributed by atoms with Crippen LogP contribution in [0.2, 0.25) is 5.02 Å². The summed E-state index contributed by atoms with van der Waals surface area (Å²) in [7, 11) is 0. The van der Waals surface area contributed by atoms with Crippen molar-refractivity contribution in [2.75, 3.05) is 10.6 Å². The van der Waals surface area contributed by atoms with E-state index in [-0.39, 0.29) is 16.8 Å². The molecule has 2 rings (SSSR count). The first-order valence-electron chi connectivity index (χ1n) is 6.49. The maximum Gasteiger partial charge on any atom is 0.416 e. The van der Waals surface area contributed by atoms with Gasteiger partial charge in [0, 0.05) is 12.2 Å². The average molecular weight is 331 g/mol. The summed E-state index contributed by atoms with van der Waals surface area (Å²) in [6.45, 7) is 3.85. The van der Waals surface area contributed by atoms with Gasteiger partial charge in [0.15, 0.2) is 0 Å². The summed E-state index contributed by atoms with van der Waals surface area (Å²) in [5.74, 6) is 0.725. The Morgan fingerprint density at radius 2 is 1.91 bits per heavy atom. The number of rotatable bonds is 4. The van der Waals surface area contributed by atoms with Gasteiger partial charge in [-0.1, -0.05) is 11.6 Å². The number of alkyl halides is 3. The SMILES string of the molecule is CC(C)Nc1nccc(Nc2cc(C(F)(F)F)ccc2Cl)n1. The van der Waals surface area contributed by atoms with Crippen LogP contribution >= 0.6 is 11.6 Å². The molecule has 1 aromatic heterocycles. The largest absolute Gasteiger partial charge is 0.416 e. The van der Waals surface area contributed by atoms with Crippen molar-refractivity contribution >= 4 is 29.1 Å². The number of nitrogens with zero attached hydrogens (tertiary/aromatic N) is 2. The van der Waals surface area contributed by atoms with Gasteiger partial charge < -0.3 is 10.6 Å². The van der Waals surface area contributed by atoms with E-state index in [2.05, 4.69) is 20.6 Å². The summed E-state index contributed by atoms with van der Waals surface area (Å²) in [6.07, 6.45) is -2.93. The smallest absolute Gasteiger partial charge is 0.352 e. The number of aromatic nitrogens is 2. The van der Waals surface area contributed by atoms with Crippen molar-refractivity contribution in [3.8, 4) is 0 Å². The van der Waals surface area contributed by atoms with Crippen LogP contribution in [0.1, 0.15) is 19.4 Å². The van der Waals surface area contributed by atoms with Crippen LogP contribution in [0.25, 0.3) is 0 Å². The molecule has 0 atom stereocenters. The molecule has 0 saturated heterocycles. The quantitative estimate of drug-likeness (QED) is 0.852. The Bertz CT molecular complexity index is 659. The van der Waals surface area contributed by atoms with Crippen molar-refractivity contribution in [1.29, 1.82) is 0 Å². The molecular weight excluding hydrogens is 317 g/mol. The molecule has 0 fully saturated rings. The Labute approximate surface area is 130 Å². The normalized spacial score (nSPS) is 11.6. The van der Waals surface area contributed by atoms with Crippen LogP contribution in [-0.4, -0.2) is 16.0 Å². The Hall–Kier alpha value is -2.02. The van der Waals surface area contributed by atoms with E-state index in [1.54, 1.807) is 6.07 Å². The van der Waals surface area contributed by atoms with Crippen molar-refractivity contribution in [3.05, 3.63) is 41.0 Å². The van der Waals surface area contributed by atoms with Crippen LogP contribution < -0.4 is 10.6 Å². The lowest BCUT2D eigenvalue weighted by molar-refractivity contribution is -0.137. The van der Waals surface area contributed by atoms with Gasteiger partial charge in [-0.2, -0.15) is 18.2 Å². The molecule has 0 radical (unpaired) electrons. The number of halogens is 4. The number of nitrogens with one attached hydrogen (secondary N) is 2. The van der Waals surface area contributed by atoms with E-state index in [4.69, 9.17) is 11.6 Å². The minimum Gasteiger partial charge on any atom is -0.352 e. The molecule has 0 amide bonds. The van der Waals surface area contributed by atoms with Gasteiger partial charge in [-0.3, -0.25) is 0 Å². The second kappa shape index (κ2) is 6.39. The fourth-order valence-corrected chi connectivity index (χ4v) is 1.86. The molecule has 0 aliphatic rings. The number of anilines is 3. The monoisotopic (exact) mass is 330 g/mol. The molecule has 4 nitrogen and oxygen atoms in total. The first kappa shape index (κ1) is 16.4. The van der Waals surface area contributed by atoms with Crippen molar-refractivity contribution in [2.24, 2.45) is 0 Å². The van der Waals surface area contributed by atoms with E-state index in [9.17, 15) is 13.2 Å². The molecule has 118 valence electrons. The Morgan fingerprint density at radius 3 is 2.55 bits per heavy atom. The Kier molecular flexibility index (Phi) is 4.75. The average Bonchev–Trinajstić information content (AvgIpc) is 2.39. The van der Waals surface area contributed by atoms with Gasteiger partial charge >= 0.3 is 6.18 Å². The zero-order valence-corrected chi connectivity index (χ0v) is 12.6. The summed E-state index contributed by atoms with van der Waals surface area (Å²) in [5, 5.41) is 5.95. The molecular formula is C14H14ClF3N4. The van der Waals surface area contributed by atoms with E-state index in [0.717, 1.165) is 12.1 Å². The summed E-state index contributed by atoms with van der Waals surface area (Å²) >= 11 is 5.93. The minimum absolute atomic E-state index is 0.130. The minimum atomic E-state index is -4.43. The van der Waals surface area contributed by atoms with Crippen molar-refractivity contribution in [3.63, 3.8) is 0 Å². The summed E-state index contributed by atoms with van der Waals surface area (Å²) < 4.78 is 38.2. The lowest BCUT2D eigenvalue weighted by Gasteiger charge is -2.13. The summed E-state index contributed by atoms with van der Waals surface area (Å²) in [5.41, 5.74) is -0.653. The van der Waals surface area contributed by atoms with Crippen LogP contribution in [0, 0.1) is 0 Å². The van der Waals surface area contributed by atoms with E-state index >= 15 is 0 Å². The molecule has 0 spiro atoms. The molecule has 0 aliphatic heterocycles. The summed E-state index contributed by atoms with van der Waals surface area (Å²) in [4.78, 5) is 8.19. The van der Waals surface area contributed by atoms with Gasteiger partial charge in [-0.25, -0.2) is 4.98 Å². The fourth-order valence-electron chi connectivity index (χ4n) is 1.69. The molecule has 2 aromatic rings. The molecule has 8 heteroatoms. The molecule has 0 bridgehead atoms. The maximum absolute atomic E-state index is 12.7. The van der Waals surface area contributed by atoms with Crippen LogP contribution in [0.15, 0.2) is 30.5 Å². The van der Waals surface area contributed by atoms with Gasteiger partial charge in [0.25, 0.3) is 0 Å². The zero-order valence-electron chi connectivity index (χ0n) is 11.9. The van der Waals surface area contributed by atoms with E-state index in [1.165, 1.54) is 12.3 Å². The first-order chi connectivity index (χ1) is 10.3. The lowest BCUT2D eigenvalue weighted by atomic mass is 10.2. The van der Waals surface area contributed by atoms with E-state index < -0.39 is 11.7 Å². The predicted molar refractivity (Wildman–Crippen MR) is 80.5 cm³/mol. The number of benzene rings is 1. The maximum atomic E-state index is 12.7. The Balaban J connectivity index is 2.27. The van der Waals surface area contributed by atoms with Crippen LogP contribution in [0.4, 0.5) is 30.6 Å². The van der Waals surface area contributed by atoms with Crippen LogP contribution in [0.5, 0.6) is 0 Å². The second-order valence-electron chi connectivity index (χ2n) is 4.88. The third-order valence-corrected chi connectivity index (χ3v) is 2.96. The first-order valence-corrected chi connectivity index (χ1v) is 6.87. The van der Waals surface area contributed by atoms with Crippen molar-refractivity contribution < 1.29 is 13.2 Å². The molecule has 0 aliphatic carbocycles. The molecule has 0 unspecified atom stereocenters. The molecule has 2 N–H and O–H groups in total. The molecule has 1 aromatic carbocycles. The van der Waals surface area contributed by atoms with E-state index in [0.29, 0.717) is 11.8 Å². The second-order valence-corrected chi connectivity index (χ2v) is 5.29. The third-order valence-electron chi connectivity index (χ3n) is 2.63. The van der Waals surface area contributed by atoms with Gasteiger partial charge in [-0.05, 0) is 38.1 Å². The summed E-state index contributed by atoms with van der Waals surface area (Å²) in [6, 6.07) is 4.75. The lowest BCUT2D eigenvalue weighted by Crippen LogP contribution is -2.13. The zero-order chi connectivity index (χ0) is 16.3. The van der Waals surface area contributed by atoms with Crippen molar-refractivity contribution in [2.45, 2.75) is 26.1 Å². The van der Waals surface area contributed by atoms with Crippen LogP contribution in [0.3, 0.4) is 0 Å². The third kappa shape index (κ3) is 4.24. The van der Waals surface area contributed by atoms with Gasteiger partial charge in [0.1, 0.15) is 5.82 Å². The highest BCUT2D eigenvalue weighted by Gasteiger charge is 2.31. The molecule has 22 heavy (non-hydrogen) atoms. The fraction of sp³-hybridized carbons (Fsp3) is 0.286.